The Hall–Kier alpha value is -1.78. The smallest absolute Gasteiger partial charge is 0.123 e. The highest BCUT2D eigenvalue weighted by Crippen LogP contribution is 2.28. The van der Waals surface area contributed by atoms with Crippen LogP contribution in [0, 0.1) is 11.6 Å². The highest BCUT2D eigenvalue weighted by atomic mass is 19.1. The average Bonchev–Trinajstić information content (AvgIpc) is 2.48. The molecule has 2 N–H and O–H groups in total. The van der Waals surface area contributed by atoms with Crippen LogP contribution in [-0.2, 0) is 11.8 Å². The summed E-state index contributed by atoms with van der Waals surface area (Å²) >= 11 is 0. The summed E-state index contributed by atoms with van der Waals surface area (Å²) in [6.07, 6.45) is 0.339. The normalized spacial score (nSPS) is 11.6. The number of hydrogen-bond acceptors (Lipinski definition) is 2. The minimum atomic E-state index is -0.911. The molecular formula is C16H16F2O2. The summed E-state index contributed by atoms with van der Waals surface area (Å²) in [4.78, 5) is 0. The molecule has 0 aliphatic heterocycles. The van der Waals surface area contributed by atoms with E-state index in [0.29, 0.717) is 12.0 Å². The van der Waals surface area contributed by atoms with Gasteiger partial charge in [0.1, 0.15) is 11.6 Å². The molecule has 0 aromatic heterocycles. The van der Waals surface area contributed by atoms with Crippen molar-refractivity contribution in [2.45, 2.75) is 11.8 Å². The molecule has 106 valence electrons. The number of hydrogen-bond donors (Lipinski definition) is 2. The lowest BCUT2D eigenvalue weighted by Crippen LogP contribution is -2.37. The second-order valence-electron chi connectivity index (χ2n) is 4.91. The molecule has 0 saturated heterocycles. The topological polar surface area (TPSA) is 40.5 Å². The van der Waals surface area contributed by atoms with Crippen LogP contribution in [0.4, 0.5) is 8.78 Å². The van der Waals surface area contributed by atoms with Gasteiger partial charge in [-0.25, -0.2) is 8.78 Å². The Morgan fingerprint density at radius 3 is 1.65 bits per heavy atom. The summed E-state index contributed by atoms with van der Waals surface area (Å²) in [6.45, 7) is -0.570. The minimum absolute atomic E-state index is 0.285. The van der Waals surface area contributed by atoms with Crippen LogP contribution >= 0.6 is 0 Å². The van der Waals surface area contributed by atoms with Crippen LogP contribution in [0.3, 0.4) is 0 Å². The van der Waals surface area contributed by atoms with E-state index in [9.17, 15) is 19.0 Å². The summed E-state index contributed by atoms with van der Waals surface area (Å²) in [5, 5.41) is 19.4. The van der Waals surface area contributed by atoms with E-state index in [1.165, 1.54) is 24.3 Å². The largest absolute Gasteiger partial charge is 0.395 e. The van der Waals surface area contributed by atoms with Crippen molar-refractivity contribution in [2.75, 3.05) is 13.2 Å². The molecule has 0 aliphatic carbocycles. The van der Waals surface area contributed by atoms with Crippen molar-refractivity contribution in [3.05, 3.63) is 71.3 Å². The Kier molecular flexibility index (Phi) is 4.47. The average molecular weight is 278 g/mol. The van der Waals surface area contributed by atoms with Gasteiger partial charge in [-0.1, -0.05) is 24.3 Å². The van der Waals surface area contributed by atoms with Gasteiger partial charge in [0.2, 0.25) is 0 Å². The third kappa shape index (κ3) is 3.03. The van der Waals surface area contributed by atoms with E-state index in [-0.39, 0.29) is 24.8 Å². The van der Waals surface area contributed by atoms with E-state index >= 15 is 0 Å². The molecule has 0 radical (unpaired) electrons. The Morgan fingerprint density at radius 1 is 0.750 bits per heavy atom. The minimum Gasteiger partial charge on any atom is -0.395 e. The quantitative estimate of drug-likeness (QED) is 0.882. The van der Waals surface area contributed by atoms with Crippen LogP contribution in [0.15, 0.2) is 48.5 Å². The lowest BCUT2D eigenvalue weighted by atomic mass is 9.77. The summed E-state index contributed by atoms with van der Waals surface area (Å²) in [7, 11) is 0. The highest BCUT2D eigenvalue weighted by molar-refractivity contribution is 5.30. The zero-order valence-electron chi connectivity index (χ0n) is 10.9. The first-order chi connectivity index (χ1) is 9.59. The van der Waals surface area contributed by atoms with Gasteiger partial charge < -0.3 is 10.2 Å². The third-order valence-corrected chi connectivity index (χ3v) is 3.52. The van der Waals surface area contributed by atoms with Crippen LogP contribution in [0.1, 0.15) is 11.1 Å². The van der Waals surface area contributed by atoms with Gasteiger partial charge in [0.25, 0.3) is 0 Å². The first-order valence-electron chi connectivity index (χ1n) is 6.32. The van der Waals surface area contributed by atoms with Crippen molar-refractivity contribution in [3.63, 3.8) is 0 Å². The maximum absolute atomic E-state index is 13.0. The lowest BCUT2D eigenvalue weighted by Gasteiger charge is -2.30. The molecule has 0 heterocycles. The zero-order chi connectivity index (χ0) is 14.6. The monoisotopic (exact) mass is 278 g/mol. The molecule has 0 bridgehead atoms. The number of benzene rings is 2. The van der Waals surface area contributed by atoms with E-state index in [2.05, 4.69) is 0 Å². The number of halogens is 2. The van der Waals surface area contributed by atoms with Gasteiger partial charge >= 0.3 is 0 Å². The van der Waals surface area contributed by atoms with Gasteiger partial charge in [-0.2, -0.15) is 0 Å². The second kappa shape index (κ2) is 6.11. The fourth-order valence-electron chi connectivity index (χ4n) is 2.24. The van der Waals surface area contributed by atoms with Crippen molar-refractivity contribution in [1.82, 2.24) is 0 Å². The molecule has 0 atom stereocenters. The molecule has 0 aliphatic rings. The number of aliphatic hydroxyl groups excluding tert-OH is 2. The maximum atomic E-state index is 13.0. The fourth-order valence-corrected chi connectivity index (χ4v) is 2.24. The van der Waals surface area contributed by atoms with Crippen LogP contribution in [0.5, 0.6) is 0 Å². The Labute approximate surface area is 116 Å². The SMILES string of the molecule is OCC(CO)(Cc1ccc(F)cc1)c1ccc(F)cc1. The van der Waals surface area contributed by atoms with Crippen molar-refractivity contribution < 1.29 is 19.0 Å². The molecule has 0 amide bonds. The van der Waals surface area contributed by atoms with Gasteiger partial charge in [-0.15, -0.1) is 0 Å². The van der Waals surface area contributed by atoms with Gasteiger partial charge in [-0.05, 0) is 41.8 Å². The van der Waals surface area contributed by atoms with Crippen LogP contribution in [-0.4, -0.2) is 23.4 Å². The predicted octanol–water partition coefficient (Wildman–Crippen LogP) is 2.43. The molecular weight excluding hydrogens is 262 g/mol. The standard InChI is InChI=1S/C16H16F2O2/c17-14-5-1-12(2-6-14)9-16(10-19,11-20)13-3-7-15(18)8-4-13/h1-8,19-20H,9-11H2. The second-order valence-corrected chi connectivity index (χ2v) is 4.91. The summed E-state index contributed by atoms with van der Waals surface area (Å²) in [6, 6.07) is 11.6. The zero-order valence-corrected chi connectivity index (χ0v) is 10.9. The highest BCUT2D eigenvalue weighted by Gasteiger charge is 2.31. The van der Waals surface area contributed by atoms with Crippen LogP contribution < -0.4 is 0 Å². The molecule has 2 aromatic carbocycles. The van der Waals surface area contributed by atoms with Gasteiger partial charge in [0.15, 0.2) is 0 Å². The van der Waals surface area contributed by atoms with E-state index in [1.807, 2.05) is 0 Å². The van der Waals surface area contributed by atoms with E-state index < -0.39 is 5.41 Å². The summed E-state index contributed by atoms with van der Waals surface area (Å²) in [5.74, 6) is -0.713. The molecule has 4 heteroatoms. The summed E-state index contributed by atoms with van der Waals surface area (Å²) < 4.78 is 25.9. The van der Waals surface area contributed by atoms with Gasteiger partial charge in [0.05, 0.1) is 13.2 Å². The van der Waals surface area contributed by atoms with Crippen molar-refractivity contribution in [3.8, 4) is 0 Å². The number of aliphatic hydroxyl groups is 2. The fraction of sp³-hybridized carbons (Fsp3) is 0.250. The third-order valence-electron chi connectivity index (χ3n) is 3.52. The van der Waals surface area contributed by atoms with Crippen molar-refractivity contribution in [2.24, 2.45) is 0 Å². The first kappa shape index (κ1) is 14.6. The molecule has 2 aromatic rings. The van der Waals surface area contributed by atoms with E-state index in [4.69, 9.17) is 0 Å². The summed E-state index contributed by atoms with van der Waals surface area (Å²) in [5.41, 5.74) is 0.526. The van der Waals surface area contributed by atoms with Crippen molar-refractivity contribution >= 4 is 0 Å². The van der Waals surface area contributed by atoms with Crippen molar-refractivity contribution in [1.29, 1.82) is 0 Å². The molecule has 0 saturated carbocycles. The molecule has 2 rings (SSSR count). The number of rotatable bonds is 5. The molecule has 0 spiro atoms. The Balaban J connectivity index is 2.33. The van der Waals surface area contributed by atoms with E-state index in [1.54, 1.807) is 24.3 Å². The molecule has 0 fully saturated rings. The van der Waals surface area contributed by atoms with Gasteiger partial charge in [0, 0.05) is 5.41 Å². The molecule has 2 nitrogen and oxygen atoms in total. The lowest BCUT2D eigenvalue weighted by molar-refractivity contribution is 0.116. The maximum Gasteiger partial charge on any atom is 0.123 e. The Morgan fingerprint density at radius 2 is 1.20 bits per heavy atom. The van der Waals surface area contributed by atoms with Gasteiger partial charge in [-0.3, -0.25) is 0 Å². The molecule has 20 heavy (non-hydrogen) atoms. The Bertz CT molecular complexity index is 546. The predicted molar refractivity (Wildman–Crippen MR) is 72.4 cm³/mol. The first-order valence-corrected chi connectivity index (χ1v) is 6.32. The van der Waals surface area contributed by atoms with E-state index in [0.717, 1.165) is 5.56 Å². The van der Waals surface area contributed by atoms with Crippen LogP contribution in [0.2, 0.25) is 0 Å². The molecule has 0 unspecified atom stereocenters. The van der Waals surface area contributed by atoms with Crippen LogP contribution in [0.25, 0.3) is 0 Å².